The van der Waals surface area contributed by atoms with E-state index in [1.165, 1.54) is 12.8 Å². The number of benzene rings is 1. The van der Waals surface area contributed by atoms with Crippen LogP contribution in [0.4, 0.5) is 0 Å². The van der Waals surface area contributed by atoms with Gasteiger partial charge in [0.1, 0.15) is 5.82 Å². The van der Waals surface area contributed by atoms with Crippen LogP contribution in [0.3, 0.4) is 0 Å². The molecule has 0 radical (unpaired) electrons. The Bertz CT molecular complexity index is 656. The third-order valence-electron chi connectivity index (χ3n) is 3.89. The van der Waals surface area contributed by atoms with Crippen molar-refractivity contribution >= 4 is 35.0 Å². The van der Waals surface area contributed by atoms with E-state index in [2.05, 4.69) is 28.8 Å². The molecule has 0 saturated heterocycles. The normalized spacial score (nSPS) is 11.4. The fraction of sp³-hybridized carbons (Fsp3) is 0.529. The topological polar surface area (TPSA) is 34.0 Å². The predicted molar refractivity (Wildman–Crippen MR) is 104 cm³/mol. The highest BCUT2D eigenvalue weighted by atomic mass is 35.5. The Balaban J connectivity index is 1.88. The Labute approximate surface area is 158 Å². The van der Waals surface area contributed by atoms with E-state index in [1.54, 1.807) is 22.5 Å². The van der Waals surface area contributed by atoms with Gasteiger partial charge in [-0.2, -0.15) is 0 Å². The van der Waals surface area contributed by atoms with E-state index >= 15 is 0 Å². The van der Waals surface area contributed by atoms with Gasteiger partial charge in [-0.3, -0.25) is 0 Å². The molecule has 0 bridgehead atoms. The van der Waals surface area contributed by atoms with E-state index in [0.29, 0.717) is 10.0 Å². The van der Waals surface area contributed by atoms with Gasteiger partial charge in [-0.05, 0) is 57.6 Å². The van der Waals surface area contributed by atoms with Crippen LogP contribution in [0, 0.1) is 6.92 Å². The molecule has 0 spiro atoms. The number of unbranched alkanes of at least 4 members (excludes halogenated alkanes) is 1. The summed E-state index contributed by atoms with van der Waals surface area (Å²) in [4.78, 5) is 6.98. The summed E-state index contributed by atoms with van der Waals surface area (Å²) in [6, 6.07) is 5.49. The van der Waals surface area contributed by atoms with Gasteiger partial charge in [-0.1, -0.05) is 48.8 Å². The van der Waals surface area contributed by atoms with Crippen LogP contribution in [0.25, 0.3) is 5.69 Å². The molecule has 0 saturated carbocycles. The lowest BCUT2D eigenvalue weighted by atomic mass is 10.3. The molecule has 0 amide bonds. The van der Waals surface area contributed by atoms with E-state index in [9.17, 15) is 0 Å². The van der Waals surface area contributed by atoms with Crippen molar-refractivity contribution in [3.8, 4) is 5.69 Å². The second-order valence-electron chi connectivity index (χ2n) is 5.53. The molecule has 0 aliphatic rings. The zero-order valence-corrected chi connectivity index (χ0v) is 16.8. The van der Waals surface area contributed by atoms with Crippen LogP contribution in [0.1, 0.15) is 32.5 Å². The van der Waals surface area contributed by atoms with Crippen LogP contribution in [-0.2, 0) is 0 Å². The van der Waals surface area contributed by atoms with Gasteiger partial charge >= 0.3 is 0 Å². The molecule has 0 atom stereocenters. The van der Waals surface area contributed by atoms with Gasteiger partial charge in [0, 0.05) is 5.75 Å². The van der Waals surface area contributed by atoms with Gasteiger partial charge in [0.25, 0.3) is 0 Å². The Hall–Kier alpha value is -0.750. The maximum Gasteiger partial charge on any atom is 0.209 e. The lowest BCUT2D eigenvalue weighted by Gasteiger charge is -2.17. The highest BCUT2D eigenvalue weighted by Crippen LogP contribution is 2.25. The van der Waals surface area contributed by atoms with Gasteiger partial charge < -0.3 is 4.90 Å². The summed E-state index contributed by atoms with van der Waals surface area (Å²) in [5, 5.41) is 6.44. The molecule has 2 rings (SSSR count). The maximum atomic E-state index is 6.09. The molecule has 132 valence electrons. The summed E-state index contributed by atoms with van der Waals surface area (Å²) in [6.45, 7) is 9.77. The number of aryl methyl sites for hydroxylation is 1. The Morgan fingerprint density at radius 3 is 2.54 bits per heavy atom. The van der Waals surface area contributed by atoms with E-state index in [4.69, 9.17) is 23.2 Å². The first kappa shape index (κ1) is 19.6. The number of hydrogen-bond acceptors (Lipinski definition) is 4. The molecule has 1 aromatic heterocycles. The van der Waals surface area contributed by atoms with Crippen LogP contribution >= 0.6 is 35.0 Å². The number of aromatic nitrogens is 3. The average Bonchev–Trinajstić information content (AvgIpc) is 2.94. The van der Waals surface area contributed by atoms with Crippen molar-refractivity contribution < 1.29 is 0 Å². The maximum absolute atomic E-state index is 6.09. The van der Waals surface area contributed by atoms with E-state index < -0.39 is 0 Å². The average molecular weight is 387 g/mol. The fourth-order valence-corrected chi connectivity index (χ4v) is 3.59. The first-order valence-electron chi connectivity index (χ1n) is 8.29. The summed E-state index contributed by atoms with van der Waals surface area (Å²) in [5.41, 5.74) is 0.878. The van der Waals surface area contributed by atoms with Crippen LogP contribution in [-0.4, -0.2) is 45.1 Å². The lowest BCUT2D eigenvalue weighted by Crippen LogP contribution is -2.23. The zero-order valence-electron chi connectivity index (χ0n) is 14.4. The lowest BCUT2D eigenvalue weighted by molar-refractivity contribution is 0.299. The number of hydrogen-bond donors (Lipinski definition) is 0. The van der Waals surface area contributed by atoms with Crippen molar-refractivity contribution in [3.63, 3.8) is 0 Å². The number of rotatable bonds is 9. The first-order valence-corrected chi connectivity index (χ1v) is 10.0. The van der Waals surface area contributed by atoms with Gasteiger partial charge in [-0.15, -0.1) is 5.10 Å². The van der Waals surface area contributed by atoms with Crippen LogP contribution in [0.5, 0.6) is 0 Å². The molecule has 4 nitrogen and oxygen atoms in total. The first-order chi connectivity index (χ1) is 11.5. The molecule has 7 heteroatoms. The molecule has 0 aliphatic heterocycles. The Morgan fingerprint density at radius 1 is 1.12 bits per heavy atom. The molecule has 1 heterocycles. The predicted octanol–water partition coefficient (Wildman–Crippen LogP) is 5.10. The molecule has 0 fully saturated rings. The number of halogens is 2. The van der Waals surface area contributed by atoms with Crippen molar-refractivity contribution in [1.82, 2.24) is 19.7 Å². The molecular weight excluding hydrogens is 363 g/mol. The number of nitrogens with zero attached hydrogens (tertiary/aromatic N) is 4. The fourth-order valence-electron chi connectivity index (χ4n) is 2.43. The number of thioether (sulfide) groups is 1. The highest BCUT2D eigenvalue weighted by molar-refractivity contribution is 7.99. The molecule has 24 heavy (non-hydrogen) atoms. The molecule has 0 aliphatic carbocycles. The van der Waals surface area contributed by atoms with Crippen molar-refractivity contribution in [2.45, 2.75) is 38.8 Å². The second kappa shape index (κ2) is 9.66. The van der Waals surface area contributed by atoms with Crippen molar-refractivity contribution in [1.29, 1.82) is 0 Å². The summed E-state index contributed by atoms with van der Waals surface area (Å²) >= 11 is 13.8. The Kier molecular flexibility index (Phi) is 7.88. The highest BCUT2D eigenvalue weighted by Gasteiger charge is 2.10. The van der Waals surface area contributed by atoms with Gasteiger partial charge in [0.2, 0.25) is 5.16 Å². The second-order valence-corrected chi connectivity index (χ2v) is 7.41. The van der Waals surface area contributed by atoms with E-state index in [0.717, 1.165) is 42.1 Å². The Morgan fingerprint density at radius 2 is 1.88 bits per heavy atom. The minimum Gasteiger partial charge on any atom is -0.304 e. The van der Waals surface area contributed by atoms with Crippen LogP contribution < -0.4 is 0 Å². The minimum atomic E-state index is 0.523. The smallest absolute Gasteiger partial charge is 0.209 e. The zero-order chi connectivity index (χ0) is 17.5. The minimum absolute atomic E-state index is 0.523. The van der Waals surface area contributed by atoms with Crippen LogP contribution in [0.15, 0.2) is 23.4 Å². The third kappa shape index (κ3) is 5.38. The monoisotopic (exact) mass is 386 g/mol. The standard InChI is InChI=1S/C17H24Cl2N4S/c1-4-22(5-2)10-6-7-11-24-17-20-13(3)23(21-17)14-8-9-15(18)16(19)12-14/h8-9,12H,4-7,10-11H2,1-3H3. The largest absolute Gasteiger partial charge is 0.304 e. The molecular formula is C17H24Cl2N4S. The SMILES string of the molecule is CCN(CC)CCCCSc1nc(C)n(-c2ccc(Cl)c(Cl)c2)n1. The summed E-state index contributed by atoms with van der Waals surface area (Å²) in [5.74, 6) is 1.88. The molecule has 2 aromatic rings. The van der Waals surface area contributed by atoms with Gasteiger partial charge in [-0.25, -0.2) is 9.67 Å². The van der Waals surface area contributed by atoms with Crippen molar-refractivity contribution in [2.24, 2.45) is 0 Å². The summed E-state index contributed by atoms with van der Waals surface area (Å²) in [6.07, 6.45) is 2.38. The third-order valence-corrected chi connectivity index (χ3v) is 5.55. The van der Waals surface area contributed by atoms with Crippen LogP contribution in [0.2, 0.25) is 10.0 Å². The van der Waals surface area contributed by atoms with E-state index in [-0.39, 0.29) is 0 Å². The molecule has 0 N–H and O–H groups in total. The quantitative estimate of drug-likeness (QED) is 0.443. The van der Waals surface area contributed by atoms with Crippen molar-refractivity contribution in [3.05, 3.63) is 34.1 Å². The summed E-state index contributed by atoms with van der Waals surface area (Å²) < 4.78 is 1.81. The molecule has 0 unspecified atom stereocenters. The summed E-state index contributed by atoms with van der Waals surface area (Å²) in [7, 11) is 0. The van der Waals surface area contributed by atoms with E-state index in [1.807, 2.05) is 19.1 Å². The van der Waals surface area contributed by atoms with Gasteiger partial charge in [0.05, 0.1) is 15.7 Å². The molecule has 1 aromatic carbocycles. The van der Waals surface area contributed by atoms with Crippen molar-refractivity contribution in [2.75, 3.05) is 25.4 Å². The van der Waals surface area contributed by atoms with Gasteiger partial charge in [0.15, 0.2) is 0 Å².